The number of rotatable bonds is 6. The molecule has 2 saturated carbocycles. The highest BCUT2D eigenvalue weighted by Gasteiger charge is 2.41. The largest absolute Gasteiger partial charge is 0.417 e. The maximum absolute atomic E-state index is 13.4. The van der Waals surface area contributed by atoms with Crippen molar-refractivity contribution in [1.82, 2.24) is 5.32 Å². The summed E-state index contributed by atoms with van der Waals surface area (Å²) in [6.45, 7) is -0.635. The Morgan fingerprint density at radius 1 is 1.09 bits per heavy atom. The van der Waals surface area contributed by atoms with E-state index in [-0.39, 0.29) is 16.6 Å². The number of hydrogen-bond acceptors (Lipinski definition) is 3. The van der Waals surface area contributed by atoms with Crippen LogP contribution in [0.4, 0.5) is 18.9 Å². The van der Waals surface area contributed by atoms with Crippen LogP contribution in [-0.2, 0) is 21.0 Å². The summed E-state index contributed by atoms with van der Waals surface area (Å²) in [7, 11) is -4.31. The number of amides is 1. The third-order valence-corrected chi connectivity index (χ3v) is 8.36. The number of anilines is 1. The van der Waals surface area contributed by atoms with Crippen molar-refractivity contribution in [2.24, 2.45) is 11.8 Å². The van der Waals surface area contributed by atoms with Gasteiger partial charge in [-0.2, -0.15) is 13.2 Å². The first-order chi connectivity index (χ1) is 15.1. The van der Waals surface area contributed by atoms with Crippen molar-refractivity contribution in [3.05, 3.63) is 59.1 Å². The highest BCUT2D eigenvalue weighted by atomic mass is 35.5. The number of nitrogens with zero attached hydrogens (tertiary/aromatic N) is 1. The lowest BCUT2D eigenvalue weighted by Crippen LogP contribution is -2.46. The molecule has 0 aliphatic heterocycles. The van der Waals surface area contributed by atoms with E-state index in [2.05, 4.69) is 5.32 Å². The fourth-order valence-corrected chi connectivity index (χ4v) is 6.38. The van der Waals surface area contributed by atoms with Crippen LogP contribution in [0.3, 0.4) is 0 Å². The fourth-order valence-electron chi connectivity index (χ4n) is 4.72. The van der Waals surface area contributed by atoms with Crippen molar-refractivity contribution in [1.29, 1.82) is 0 Å². The smallest absolute Gasteiger partial charge is 0.352 e. The number of sulfonamides is 1. The van der Waals surface area contributed by atoms with Crippen molar-refractivity contribution in [3.63, 3.8) is 0 Å². The lowest BCUT2D eigenvalue weighted by Gasteiger charge is -2.27. The molecule has 0 spiro atoms. The van der Waals surface area contributed by atoms with Crippen LogP contribution in [0.15, 0.2) is 53.4 Å². The molecule has 0 radical (unpaired) electrons. The molecule has 2 aromatic rings. The van der Waals surface area contributed by atoms with Crippen LogP contribution in [0.2, 0.25) is 5.02 Å². The molecular formula is C22H22ClF3N2O3S. The van der Waals surface area contributed by atoms with Gasteiger partial charge in [0.05, 0.1) is 21.2 Å². The van der Waals surface area contributed by atoms with E-state index in [1.807, 2.05) is 0 Å². The maximum Gasteiger partial charge on any atom is 0.417 e. The topological polar surface area (TPSA) is 66.5 Å². The Morgan fingerprint density at radius 2 is 1.81 bits per heavy atom. The molecule has 0 saturated heterocycles. The van der Waals surface area contributed by atoms with E-state index in [0.717, 1.165) is 31.7 Å². The highest BCUT2D eigenvalue weighted by molar-refractivity contribution is 7.92. The lowest BCUT2D eigenvalue weighted by atomic mass is 9.95. The third-order valence-electron chi connectivity index (χ3n) is 6.25. The van der Waals surface area contributed by atoms with Crippen molar-refractivity contribution in [2.45, 2.75) is 42.8 Å². The van der Waals surface area contributed by atoms with Crippen LogP contribution in [0.25, 0.3) is 0 Å². The molecule has 2 aliphatic rings. The van der Waals surface area contributed by atoms with E-state index in [4.69, 9.17) is 11.6 Å². The second kappa shape index (κ2) is 8.59. The Kier molecular flexibility index (Phi) is 6.15. The van der Waals surface area contributed by atoms with E-state index < -0.39 is 39.2 Å². The van der Waals surface area contributed by atoms with Crippen LogP contribution in [0, 0.1) is 11.8 Å². The van der Waals surface area contributed by atoms with Gasteiger partial charge in [-0.05, 0) is 61.4 Å². The lowest BCUT2D eigenvalue weighted by molar-refractivity contribution is -0.137. The van der Waals surface area contributed by atoms with Gasteiger partial charge >= 0.3 is 6.18 Å². The average Bonchev–Trinajstić information content (AvgIpc) is 3.35. The minimum absolute atomic E-state index is 0.0292. The predicted molar refractivity (Wildman–Crippen MR) is 115 cm³/mol. The number of benzene rings is 2. The first kappa shape index (κ1) is 22.9. The van der Waals surface area contributed by atoms with Crippen molar-refractivity contribution < 1.29 is 26.4 Å². The average molecular weight is 487 g/mol. The van der Waals surface area contributed by atoms with Crippen LogP contribution in [-0.4, -0.2) is 26.9 Å². The summed E-state index contributed by atoms with van der Waals surface area (Å²) in [5.41, 5.74) is -1.45. The number of nitrogens with one attached hydrogen (secondary N) is 1. The standard InChI is InChI=1S/C22H22ClF3N2O3S/c23-19-9-8-16(12-18(19)22(24,25)26)28(32(30,31)17-4-2-1-3-5-17)13-21(29)27-20-11-14-6-7-15(20)10-14/h1-5,8-9,12,14-15,20H,6-7,10-11,13H2,(H,27,29)/t14-,15-,20+/m0/s1. The molecule has 0 aromatic heterocycles. The van der Waals surface area contributed by atoms with Gasteiger partial charge in [-0.25, -0.2) is 8.42 Å². The van der Waals surface area contributed by atoms with E-state index in [1.54, 1.807) is 6.07 Å². The Bertz CT molecular complexity index is 1110. The molecule has 172 valence electrons. The molecule has 3 atom stereocenters. The van der Waals surface area contributed by atoms with Crippen molar-refractivity contribution >= 4 is 33.2 Å². The zero-order valence-corrected chi connectivity index (χ0v) is 18.6. The van der Waals surface area contributed by atoms with Crippen LogP contribution < -0.4 is 9.62 Å². The molecule has 2 aromatic carbocycles. The number of fused-ring (bicyclic) bond motifs is 2. The molecule has 4 rings (SSSR count). The molecule has 2 fully saturated rings. The zero-order chi connectivity index (χ0) is 23.1. The molecule has 1 N–H and O–H groups in total. The molecular weight excluding hydrogens is 465 g/mol. The SMILES string of the molecule is O=C(CN(c1ccc(Cl)c(C(F)(F)F)c1)S(=O)(=O)c1ccccc1)N[C@@H]1C[C@H]2CC[C@H]1C2. The summed E-state index contributed by atoms with van der Waals surface area (Å²) in [6, 6.07) is 10.1. The number of alkyl halides is 3. The minimum atomic E-state index is -4.78. The Labute approximate surface area is 189 Å². The van der Waals surface area contributed by atoms with Crippen molar-refractivity contribution in [2.75, 3.05) is 10.8 Å². The van der Waals surface area contributed by atoms with Gasteiger partial charge in [0.2, 0.25) is 5.91 Å². The third kappa shape index (κ3) is 4.59. The predicted octanol–water partition coefficient (Wildman–Crippen LogP) is 4.86. The molecule has 0 unspecified atom stereocenters. The van der Waals surface area contributed by atoms with Gasteiger partial charge in [-0.3, -0.25) is 9.10 Å². The first-order valence-corrected chi connectivity index (χ1v) is 12.1. The monoisotopic (exact) mass is 486 g/mol. The molecule has 32 heavy (non-hydrogen) atoms. The van der Waals surface area contributed by atoms with Gasteiger partial charge in [0.15, 0.2) is 0 Å². The Hall–Kier alpha value is -2.26. The molecule has 5 nitrogen and oxygen atoms in total. The van der Waals surface area contributed by atoms with Gasteiger partial charge in [0.1, 0.15) is 6.54 Å². The van der Waals surface area contributed by atoms with E-state index >= 15 is 0 Å². The fraction of sp³-hybridized carbons (Fsp3) is 0.409. The van der Waals surface area contributed by atoms with Crippen molar-refractivity contribution in [3.8, 4) is 0 Å². The number of carbonyl (C=O) groups is 1. The molecule has 0 heterocycles. The number of halogens is 4. The normalized spacial score (nSPS) is 22.7. The zero-order valence-electron chi connectivity index (χ0n) is 17.0. The second-order valence-corrected chi connectivity index (χ2v) is 10.6. The van der Waals surface area contributed by atoms with E-state index in [9.17, 15) is 26.4 Å². The van der Waals surface area contributed by atoms with Gasteiger partial charge in [0.25, 0.3) is 10.0 Å². The maximum atomic E-state index is 13.4. The summed E-state index contributed by atoms with van der Waals surface area (Å²) >= 11 is 5.70. The minimum Gasteiger partial charge on any atom is -0.352 e. The summed E-state index contributed by atoms with van der Waals surface area (Å²) < 4.78 is 67.5. The molecule has 2 bridgehead atoms. The van der Waals surface area contributed by atoms with Gasteiger partial charge in [0, 0.05) is 6.04 Å². The number of carbonyl (C=O) groups excluding carboxylic acids is 1. The molecule has 2 aliphatic carbocycles. The van der Waals surface area contributed by atoms with E-state index in [1.165, 1.54) is 30.3 Å². The Balaban J connectivity index is 1.67. The molecule has 1 amide bonds. The molecule has 10 heteroatoms. The summed E-state index contributed by atoms with van der Waals surface area (Å²) in [5, 5.41) is 2.35. The first-order valence-electron chi connectivity index (χ1n) is 10.3. The Morgan fingerprint density at radius 3 is 2.41 bits per heavy atom. The van der Waals surface area contributed by atoms with Crippen LogP contribution in [0.5, 0.6) is 0 Å². The number of hydrogen-bond donors (Lipinski definition) is 1. The quantitative estimate of drug-likeness (QED) is 0.634. The highest BCUT2D eigenvalue weighted by Crippen LogP contribution is 2.44. The van der Waals surface area contributed by atoms with Gasteiger partial charge in [-0.15, -0.1) is 0 Å². The summed E-state index contributed by atoms with van der Waals surface area (Å²) in [4.78, 5) is 12.7. The van der Waals surface area contributed by atoms with E-state index in [0.29, 0.717) is 22.2 Å². The summed E-state index contributed by atoms with van der Waals surface area (Å²) in [6.07, 6.45) is -0.727. The van der Waals surface area contributed by atoms with Gasteiger partial charge < -0.3 is 5.32 Å². The summed E-state index contributed by atoms with van der Waals surface area (Å²) in [5.74, 6) is 0.390. The van der Waals surface area contributed by atoms with Crippen LogP contribution >= 0.6 is 11.6 Å². The second-order valence-electron chi connectivity index (χ2n) is 8.34. The van der Waals surface area contributed by atoms with Gasteiger partial charge in [-0.1, -0.05) is 36.2 Å². The van der Waals surface area contributed by atoms with Crippen LogP contribution in [0.1, 0.15) is 31.2 Å².